The Labute approximate surface area is 131 Å². The maximum atomic E-state index is 5.86. The van der Waals surface area contributed by atoms with Crippen LogP contribution in [-0.2, 0) is 24.5 Å². The Bertz CT molecular complexity index is 555. The minimum absolute atomic E-state index is 0.0820. The highest BCUT2D eigenvalue weighted by molar-refractivity contribution is 6.30. The highest BCUT2D eigenvalue weighted by Gasteiger charge is 2.12. The summed E-state index contributed by atoms with van der Waals surface area (Å²) < 4.78 is 11.2. The molecule has 0 aliphatic carbocycles. The minimum Gasteiger partial charge on any atom is -0.467 e. The predicted octanol–water partition coefficient (Wildman–Crippen LogP) is 4.54. The van der Waals surface area contributed by atoms with Crippen LogP contribution in [0.15, 0.2) is 41.0 Å². The van der Waals surface area contributed by atoms with E-state index in [4.69, 9.17) is 20.8 Å². The van der Waals surface area contributed by atoms with Crippen LogP contribution < -0.4 is 5.32 Å². The first kappa shape index (κ1) is 16.1. The number of rotatable bonds is 6. The van der Waals surface area contributed by atoms with Gasteiger partial charge in [-0.3, -0.25) is 0 Å². The molecule has 0 unspecified atom stereocenters. The van der Waals surface area contributed by atoms with E-state index in [1.165, 1.54) is 0 Å². The van der Waals surface area contributed by atoms with E-state index in [1.807, 2.05) is 30.3 Å². The van der Waals surface area contributed by atoms with Gasteiger partial charge in [0.05, 0.1) is 12.9 Å². The second-order valence-corrected chi connectivity index (χ2v) is 6.53. The average molecular weight is 308 g/mol. The predicted molar refractivity (Wildman–Crippen MR) is 85.2 cm³/mol. The zero-order chi connectivity index (χ0) is 15.3. The number of furan rings is 1. The van der Waals surface area contributed by atoms with Crippen LogP contribution in [0, 0.1) is 0 Å². The molecule has 3 nitrogen and oxygen atoms in total. The van der Waals surface area contributed by atoms with Gasteiger partial charge in [0.15, 0.2) is 0 Å². The minimum atomic E-state index is 0.0820. The maximum absolute atomic E-state index is 5.86. The van der Waals surface area contributed by atoms with Crippen LogP contribution in [-0.4, -0.2) is 5.54 Å². The molecule has 0 saturated carbocycles. The number of halogens is 1. The Morgan fingerprint density at radius 2 is 1.81 bits per heavy atom. The summed E-state index contributed by atoms with van der Waals surface area (Å²) in [4.78, 5) is 0. The van der Waals surface area contributed by atoms with E-state index in [9.17, 15) is 0 Å². The Hall–Kier alpha value is -1.29. The largest absolute Gasteiger partial charge is 0.467 e. The molecular weight excluding hydrogens is 286 g/mol. The summed E-state index contributed by atoms with van der Waals surface area (Å²) >= 11 is 5.86. The third-order valence-electron chi connectivity index (χ3n) is 3.06. The van der Waals surface area contributed by atoms with Crippen molar-refractivity contribution in [3.05, 3.63) is 58.5 Å². The van der Waals surface area contributed by atoms with Crippen molar-refractivity contribution in [1.29, 1.82) is 0 Å². The lowest BCUT2D eigenvalue weighted by atomic mass is 10.1. The molecule has 0 radical (unpaired) electrons. The molecule has 0 bridgehead atoms. The summed E-state index contributed by atoms with van der Waals surface area (Å²) in [5, 5.41) is 4.19. The third-order valence-corrected chi connectivity index (χ3v) is 3.31. The van der Waals surface area contributed by atoms with Crippen LogP contribution in [0.1, 0.15) is 37.7 Å². The molecule has 1 heterocycles. The third kappa shape index (κ3) is 5.54. The molecule has 0 saturated heterocycles. The molecule has 114 valence electrons. The van der Waals surface area contributed by atoms with Gasteiger partial charge in [-0.05, 0) is 44.5 Å². The normalized spacial score (nSPS) is 11.8. The summed E-state index contributed by atoms with van der Waals surface area (Å²) in [7, 11) is 0. The molecule has 4 heteroatoms. The fraction of sp³-hybridized carbons (Fsp3) is 0.412. The summed E-state index contributed by atoms with van der Waals surface area (Å²) in [6.07, 6.45) is 1.71. The van der Waals surface area contributed by atoms with Crippen molar-refractivity contribution in [2.75, 3.05) is 0 Å². The fourth-order valence-corrected chi connectivity index (χ4v) is 1.98. The standard InChI is InChI=1S/C17H22ClNO2/c1-17(2,3)19-10-14-8-9-21-16(14)12-20-11-13-4-6-15(18)7-5-13/h4-9,19H,10-12H2,1-3H3. The van der Waals surface area contributed by atoms with E-state index >= 15 is 0 Å². The number of hydrogen-bond acceptors (Lipinski definition) is 3. The lowest BCUT2D eigenvalue weighted by molar-refractivity contribution is 0.0920. The molecule has 1 N–H and O–H groups in total. The van der Waals surface area contributed by atoms with E-state index in [0.717, 1.165) is 28.5 Å². The van der Waals surface area contributed by atoms with Gasteiger partial charge >= 0.3 is 0 Å². The molecule has 0 amide bonds. The van der Waals surface area contributed by atoms with E-state index in [2.05, 4.69) is 26.1 Å². The number of hydrogen-bond donors (Lipinski definition) is 1. The van der Waals surface area contributed by atoms with Crippen LogP contribution in [0.3, 0.4) is 0 Å². The molecule has 0 fully saturated rings. The second kappa shape index (κ2) is 7.12. The molecule has 0 spiro atoms. The van der Waals surface area contributed by atoms with Crippen molar-refractivity contribution in [3.8, 4) is 0 Å². The Kier molecular flexibility index (Phi) is 5.45. The molecule has 0 aliphatic heterocycles. The van der Waals surface area contributed by atoms with Crippen molar-refractivity contribution in [2.45, 2.75) is 46.1 Å². The number of ether oxygens (including phenoxy) is 1. The van der Waals surface area contributed by atoms with E-state index < -0.39 is 0 Å². The first-order chi connectivity index (χ1) is 9.94. The quantitative estimate of drug-likeness (QED) is 0.851. The van der Waals surface area contributed by atoms with Gasteiger partial charge < -0.3 is 14.5 Å². The van der Waals surface area contributed by atoms with Gasteiger partial charge in [-0.2, -0.15) is 0 Å². The van der Waals surface area contributed by atoms with Crippen LogP contribution in [0.2, 0.25) is 5.02 Å². The first-order valence-corrected chi connectivity index (χ1v) is 7.44. The van der Waals surface area contributed by atoms with Gasteiger partial charge in [-0.1, -0.05) is 23.7 Å². The van der Waals surface area contributed by atoms with Crippen LogP contribution in [0.25, 0.3) is 0 Å². The highest BCUT2D eigenvalue weighted by atomic mass is 35.5. The average Bonchev–Trinajstić information content (AvgIpc) is 2.86. The van der Waals surface area contributed by atoms with Gasteiger partial charge in [0, 0.05) is 22.7 Å². The molecule has 0 aliphatic rings. The van der Waals surface area contributed by atoms with E-state index in [-0.39, 0.29) is 5.54 Å². The number of nitrogens with one attached hydrogen (secondary N) is 1. The van der Waals surface area contributed by atoms with Crippen molar-refractivity contribution < 1.29 is 9.15 Å². The lowest BCUT2D eigenvalue weighted by Gasteiger charge is -2.20. The van der Waals surface area contributed by atoms with Crippen molar-refractivity contribution >= 4 is 11.6 Å². The SMILES string of the molecule is CC(C)(C)NCc1ccoc1COCc1ccc(Cl)cc1. The van der Waals surface area contributed by atoms with E-state index in [0.29, 0.717) is 13.2 Å². The van der Waals surface area contributed by atoms with Crippen molar-refractivity contribution in [3.63, 3.8) is 0 Å². The zero-order valence-corrected chi connectivity index (χ0v) is 13.5. The summed E-state index contributed by atoms with van der Waals surface area (Å²) in [5.41, 5.74) is 2.32. The molecule has 2 aromatic rings. The lowest BCUT2D eigenvalue weighted by Crippen LogP contribution is -2.35. The second-order valence-electron chi connectivity index (χ2n) is 6.09. The van der Waals surface area contributed by atoms with Crippen LogP contribution in [0.4, 0.5) is 0 Å². The fourth-order valence-electron chi connectivity index (χ4n) is 1.85. The van der Waals surface area contributed by atoms with Crippen molar-refractivity contribution in [2.24, 2.45) is 0 Å². The molecule has 2 rings (SSSR count). The van der Waals surface area contributed by atoms with E-state index in [1.54, 1.807) is 6.26 Å². The zero-order valence-electron chi connectivity index (χ0n) is 12.8. The summed E-state index contributed by atoms with van der Waals surface area (Å²) in [6.45, 7) is 8.22. The van der Waals surface area contributed by atoms with Crippen LogP contribution >= 0.6 is 11.6 Å². The van der Waals surface area contributed by atoms with Crippen molar-refractivity contribution in [1.82, 2.24) is 5.32 Å². The van der Waals surface area contributed by atoms with Gasteiger partial charge in [0.2, 0.25) is 0 Å². The number of benzene rings is 1. The molecule has 21 heavy (non-hydrogen) atoms. The van der Waals surface area contributed by atoms with Crippen LogP contribution in [0.5, 0.6) is 0 Å². The molecule has 0 atom stereocenters. The van der Waals surface area contributed by atoms with Gasteiger partial charge in [-0.25, -0.2) is 0 Å². The smallest absolute Gasteiger partial charge is 0.133 e. The molecule has 1 aromatic heterocycles. The Balaban J connectivity index is 1.83. The van der Waals surface area contributed by atoms with Gasteiger partial charge in [0.25, 0.3) is 0 Å². The first-order valence-electron chi connectivity index (χ1n) is 7.06. The topological polar surface area (TPSA) is 34.4 Å². The monoisotopic (exact) mass is 307 g/mol. The Morgan fingerprint density at radius 1 is 1.10 bits per heavy atom. The Morgan fingerprint density at radius 3 is 2.48 bits per heavy atom. The molecule has 1 aromatic carbocycles. The van der Waals surface area contributed by atoms with Gasteiger partial charge in [-0.15, -0.1) is 0 Å². The maximum Gasteiger partial charge on any atom is 0.133 e. The molecular formula is C17H22ClNO2. The highest BCUT2D eigenvalue weighted by Crippen LogP contribution is 2.15. The summed E-state index contributed by atoms with van der Waals surface area (Å²) in [6, 6.07) is 9.65. The van der Waals surface area contributed by atoms with Gasteiger partial charge in [0.1, 0.15) is 12.4 Å². The summed E-state index contributed by atoms with van der Waals surface area (Å²) in [5.74, 6) is 0.876.